The molecular weight excluding hydrogens is 572 g/mol. The van der Waals surface area contributed by atoms with Crippen LogP contribution in [0.1, 0.15) is 23.0 Å². The number of halogens is 2. The van der Waals surface area contributed by atoms with Crippen molar-refractivity contribution in [3.8, 4) is 0 Å². The van der Waals surface area contributed by atoms with Crippen LogP contribution in [0, 0.1) is 5.92 Å². The fraction of sp³-hybridized carbons (Fsp3) is 0.250. The van der Waals surface area contributed by atoms with Crippen LogP contribution in [0.3, 0.4) is 0 Å². The minimum atomic E-state index is -1.14. The van der Waals surface area contributed by atoms with E-state index in [4.69, 9.17) is 8.83 Å². The number of fused-ring (bicyclic) bond motifs is 4. The SMILES string of the molecule is O=C(/C=C/c1ccco1)[C@H]1[C@H](c2ccco2)C2CSCN2C12C(=O)Nc1c(Br)cc(Br)cc12. The second-order valence-electron chi connectivity index (χ2n) is 8.34. The number of thioether (sulfide) groups is 1. The van der Waals surface area contributed by atoms with Crippen molar-refractivity contribution in [1.82, 2.24) is 4.90 Å². The first-order chi connectivity index (χ1) is 16.0. The Hall–Kier alpha value is -2.07. The molecule has 3 aliphatic heterocycles. The summed E-state index contributed by atoms with van der Waals surface area (Å²) in [7, 11) is 0. The number of benzene rings is 1. The van der Waals surface area contributed by atoms with Gasteiger partial charge >= 0.3 is 0 Å². The van der Waals surface area contributed by atoms with Crippen LogP contribution in [-0.4, -0.2) is 34.3 Å². The molecule has 2 aromatic heterocycles. The minimum Gasteiger partial charge on any atom is -0.469 e. The van der Waals surface area contributed by atoms with Crippen molar-refractivity contribution in [2.24, 2.45) is 5.92 Å². The van der Waals surface area contributed by atoms with Crippen molar-refractivity contribution >= 4 is 67.1 Å². The molecule has 0 aliphatic carbocycles. The van der Waals surface area contributed by atoms with Gasteiger partial charge in [-0.2, -0.15) is 0 Å². The molecule has 33 heavy (non-hydrogen) atoms. The van der Waals surface area contributed by atoms with E-state index in [-0.39, 0.29) is 23.7 Å². The van der Waals surface area contributed by atoms with Gasteiger partial charge in [-0.25, -0.2) is 0 Å². The first-order valence-electron chi connectivity index (χ1n) is 10.5. The lowest BCUT2D eigenvalue weighted by atomic mass is 9.72. The number of carbonyl (C=O) groups is 2. The molecule has 4 atom stereocenters. The average Bonchev–Trinajstić information content (AvgIpc) is 3.59. The number of carbonyl (C=O) groups excluding carboxylic acids is 2. The Kier molecular flexibility index (Phi) is 5.21. The maximum Gasteiger partial charge on any atom is 0.250 e. The van der Waals surface area contributed by atoms with Crippen LogP contribution in [0.5, 0.6) is 0 Å². The van der Waals surface area contributed by atoms with Crippen LogP contribution in [0.2, 0.25) is 0 Å². The molecule has 1 spiro atoms. The lowest BCUT2D eigenvalue weighted by Crippen LogP contribution is -2.52. The largest absolute Gasteiger partial charge is 0.469 e. The summed E-state index contributed by atoms with van der Waals surface area (Å²) >= 11 is 8.96. The van der Waals surface area contributed by atoms with Gasteiger partial charge in [-0.05, 0) is 64.5 Å². The van der Waals surface area contributed by atoms with Gasteiger partial charge in [0.2, 0.25) is 5.91 Å². The summed E-state index contributed by atoms with van der Waals surface area (Å²) < 4.78 is 12.8. The molecule has 3 aliphatic rings. The van der Waals surface area contributed by atoms with Gasteiger partial charge in [-0.15, -0.1) is 11.8 Å². The average molecular weight is 590 g/mol. The van der Waals surface area contributed by atoms with Crippen molar-refractivity contribution in [2.45, 2.75) is 17.5 Å². The van der Waals surface area contributed by atoms with Crippen LogP contribution in [0.4, 0.5) is 5.69 Å². The van der Waals surface area contributed by atoms with Gasteiger partial charge in [0.05, 0.1) is 24.1 Å². The molecule has 2 fully saturated rings. The Labute approximate surface area is 211 Å². The van der Waals surface area contributed by atoms with Crippen molar-refractivity contribution in [3.05, 3.63) is 81.0 Å². The number of amides is 1. The Bertz CT molecular complexity index is 1270. The predicted molar refractivity (Wildman–Crippen MR) is 133 cm³/mol. The van der Waals surface area contributed by atoms with Gasteiger partial charge < -0.3 is 14.2 Å². The number of nitrogens with zero attached hydrogens (tertiary/aromatic N) is 1. The first kappa shape index (κ1) is 21.5. The Morgan fingerprint density at radius 1 is 1.21 bits per heavy atom. The number of hydrogen-bond donors (Lipinski definition) is 1. The maximum atomic E-state index is 14.0. The lowest BCUT2D eigenvalue weighted by molar-refractivity contribution is -0.134. The zero-order chi connectivity index (χ0) is 22.7. The fourth-order valence-corrected chi connectivity index (χ4v) is 8.23. The highest BCUT2D eigenvalue weighted by molar-refractivity contribution is 9.11. The monoisotopic (exact) mass is 588 g/mol. The van der Waals surface area contributed by atoms with Crippen LogP contribution in [0.15, 0.2) is 72.8 Å². The summed E-state index contributed by atoms with van der Waals surface area (Å²) in [6, 6.07) is 11.2. The second kappa shape index (κ2) is 8.01. The molecule has 0 radical (unpaired) electrons. The molecule has 9 heteroatoms. The molecule has 2 unspecified atom stereocenters. The fourth-order valence-electron chi connectivity index (χ4n) is 5.58. The topological polar surface area (TPSA) is 75.7 Å². The number of allylic oxidation sites excluding steroid dienone is 1. The highest BCUT2D eigenvalue weighted by atomic mass is 79.9. The smallest absolute Gasteiger partial charge is 0.250 e. The van der Waals surface area contributed by atoms with E-state index in [1.54, 1.807) is 42.5 Å². The zero-order valence-electron chi connectivity index (χ0n) is 17.2. The highest BCUT2D eigenvalue weighted by Gasteiger charge is 2.70. The number of rotatable bonds is 4. The number of nitrogens with one attached hydrogen (secondary N) is 1. The van der Waals surface area contributed by atoms with E-state index < -0.39 is 11.5 Å². The van der Waals surface area contributed by atoms with Crippen molar-refractivity contribution in [1.29, 1.82) is 0 Å². The summed E-state index contributed by atoms with van der Waals surface area (Å²) in [5.74, 6) is 1.55. The van der Waals surface area contributed by atoms with Crippen LogP contribution in [0.25, 0.3) is 6.08 Å². The number of ketones is 1. The van der Waals surface area contributed by atoms with E-state index in [9.17, 15) is 9.59 Å². The van der Waals surface area contributed by atoms with E-state index in [0.29, 0.717) is 17.3 Å². The summed E-state index contributed by atoms with van der Waals surface area (Å²) in [5, 5.41) is 3.08. The second-order valence-corrected chi connectivity index (χ2v) is 11.1. The lowest BCUT2D eigenvalue weighted by Gasteiger charge is -2.36. The molecule has 1 N–H and O–H groups in total. The summed E-state index contributed by atoms with van der Waals surface area (Å²) in [4.78, 5) is 30.1. The summed E-state index contributed by atoms with van der Waals surface area (Å²) in [5.41, 5.74) is 0.379. The summed E-state index contributed by atoms with van der Waals surface area (Å²) in [6.45, 7) is 0. The van der Waals surface area contributed by atoms with E-state index >= 15 is 0 Å². The van der Waals surface area contributed by atoms with E-state index in [1.807, 2.05) is 24.3 Å². The highest BCUT2D eigenvalue weighted by Crippen LogP contribution is 2.62. The molecule has 3 aromatic rings. The summed E-state index contributed by atoms with van der Waals surface area (Å²) in [6.07, 6.45) is 6.39. The molecule has 168 valence electrons. The standard InChI is InChI=1S/C24H18Br2N2O4S/c25-13-9-15-22(16(26)10-13)27-23(30)24(15)21(18(29)6-5-14-3-1-7-31-14)20(19-4-2-8-32-19)17-11-33-12-28(17)24/h1-10,17,20-21H,11-12H2,(H,27,30)/b6-5+/t17?,20-,21-,24?/m0/s1. The molecule has 5 heterocycles. The van der Waals surface area contributed by atoms with E-state index in [0.717, 1.165) is 26.0 Å². The maximum absolute atomic E-state index is 14.0. The first-order valence-corrected chi connectivity index (χ1v) is 13.2. The van der Waals surface area contributed by atoms with Gasteiger partial charge in [0.1, 0.15) is 17.1 Å². The Balaban J connectivity index is 1.58. The third kappa shape index (κ3) is 3.09. The Morgan fingerprint density at radius 3 is 2.79 bits per heavy atom. The molecule has 0 bridgehead atoms. The zero-order valence-corrected chi connectivity index (χ0v) is 21.2. The van der Waals surface area contributed by atoms with Gasteiger partial charge in [0, 0.05) is 38.1 Å². The van der Waals surface area contributed by atoms with Gasteiger partial charge in [-0.3, -0.25) is 14.5 Å². The van der Waals surface area contributed by atoms with Gasteiger partial charge in [0.15, 0.2) is 5.78 Å². The molecule has 1 aromatic carbocycles. The minimum absolute atomic E-state index is 0.0124. The molecule has 6 nitrogen and oxygen atoms in total. The molecule has 1 amide bonds. The Morgan fingerprint density at radius 2 is 2.03 bits per heavy atom. The normalized spacial score (nSPS) is 28.5. The molecule has 0 saturated carbocycles. The van der Waals surface area contributed by atoms with Crippen LogP contribution < -0.4 is 5.32 Å². The quantitative estimate of drug-likeness (QED) is 0.398. The molecule has 6 rings (SSSR count). The third-order valence-electron chi connectivity index (χ3n) is 6.78. The van der Waals surface area contributed by atoms with Crippen molar-refractivity contribution < 1.29 is 18.4 Å². The van der Waals surface area contributed by atoms with E-state index in [2.05, 4.69) is 42.1 Å². The molecule has 2 saturated heterocycles. The van der Waals surface area contributed by atoms with Crippen molar-refractivity contribution in [2.75, 3.05) is 16.9 Å². The van der Waals surface area contributed by atoms with Crippen molar-refractivity contribution in [3.63, 3.8) is 0 Å². The number of hydrogen-bond acceptors (Lipinski definition) is 6. The van der Waals surface area contributed by atoms with Crippen LogP contribution in [-0.2, 0) is 15.1 Å². The van der Waals surface area contributed by atoms with Gasteiger partial charge in [0.25, 0.3) is 0 Å². The number of furan rings is 2. The molecular formula is C24H18Br2N2O4S. The van der Waals surface area contributed by atoms with E-state index in [1.165, 1.54) is 6.08 Å². The van der Waals surface area contributed by atoms with Gasteiger partial charge in [-0.1, -0.05) is 15.9 Å². The predicted octanol–water partition coefficient (Wildman–Crippen LogP) is 5.62. The number of anilines is 1. The third-order valence-corrected chi connectivity index (χ3v) is 8.90. The van der Waals surface area contributed by atoms with Crippen LogP contribution >= 0.6 is 43.6 Å².